The zero-order valence-electron chi connectivity index (χ0n) is 12.9. The van der Waals surface area contributed by atoms with Gasteiger partial charge >= 0.3 is 0 Å². The standard InChI is InChI=1S/C17H17FN2O3S/c18-14-5-1-2-6-15(14)23-11-16(21)20-9-12(10-20)17(22)19-8-13-4-3-7-24-13/h1-7,12H,8-11H2,(H,19,22). The van der Waals surface area contributed by atoms with Crippen LogP contribution in [0.15, 0.2) is 41.8 Å². The smallest absolute Gasteiger partial charge is 0.260 e. The molecule has 0 bridgehead atoms. The number of nitrogens with zero attached hydrogens (tertiary/aromatic N) is 1. The van der Waals surface area contributed by atoms with Crippen molar-refractivity contribution >= 4 is 23.2 Å². The Bertz CT molecular complexity index is 714. The Hall–Kier alpha value is -2.41. The summed E-state index contributed by atoms with van der Waals surface area (Å²) in [6, 6.07) is 9.84. The molecule has 1 saturated heterocycles. The molecule has 7 heteroatoms. The molecule has 1 aromatic carbocycles. The molecule has 0 radical (unpaired) electrons. The third-order valence-corrected chi connectivity index (χ3v) is 4.69. The maximum Gasteiger partial charge on any atom is 0.260 e. The number of amides is 2. The third-order valence-electron chi connectivity index (χ3n) is 3.81. The Morgan fingerprint density at radius 2 is 2.04 bits per heavy atom. The summed E-state index contributed by atoms with van der Waals surface area (Å²) in [5.41, 5.74) is 0. The van der Waals surface area contributed by atoms with Gasteiger partial charge in [-0.15, -0.1) is 11.3 Å². The van der Waals surface area contributed by atoms with Crippen molar-refractivity contribution in [3.05, 3.63) is 52.5 Å². The minimum atomic E-state index is -0.500. The van der Waals surface area contributed by atoms with Crippen molar-refractivity contribution in [3.63, 3.8) is 0 Å². The molecule has 0 atom stereocenters. The van der Waals surface area contributed by atoms with Crippen LogP contribution < -0.4 is 10.1 Å². The van der Waals surface area contributed by atoms with Gasteiger partial charge in [0, 0.05) is 18.0 Å². The zero-order valence-corrected chi connectivity index (χ0v) is 13.7. The second kappa shape index (κ2) is 7.44. The lowest BCUT2D eigenvalue weighted by Crippen LogP contribution is -2.56. The molecule has 1 aliphatic heterocycles. The number of hydrogen-bond acceptors (Lipinski definition) is 4. The molecule has 2 amide bonds. The molecule has 1 fully saturated rings. The van der Waals surface area contributed by atoms with Gasteiger partial charge in [-0.3, -0.25) is 9.59 Å². The van der Waals surface area contributed by atoms with Gasteiger partial charge in [0.2, 0.25) is 5.91 Å². The van der Waals surface area contributed by atoms with E-state index in [1.165, 1.54) is 17.0 Å². The van der Waals surface area contributed by atoms with Crippen LogP contribution in [0.1, 0.15) is 4.88 Å². The Labute approximate surface area is 143 Å². The number of hydrogen-bond donors (Lipinski definition) is 1. The average Bonchev–Trinajstić information content (AvgIpc) is 3.04. The van der Waals surface area contributed by atoms with Crippen LogP contribution in [-0.4, -0.2) is 36.4 Å². The highest BCUT2D eigenvalue weighted by Crippen LogP contribution is 2.19. The van der Waals surface area contributed by atoms with Gasteiger partial charge in [-0.25, -0.2) is 4.39 Å². The largest absolute Gasteiger partial charge is 0.481 e. The molecule has 1 aromatic heterocycles. The van der Waals surface area contributed by atoms with Crippen molar-refractivity contribution in [1.82, 2.24) is 10.2 Å². The van der Waals surface area contributed by atoms with Crippen molar-refractivity contribution in [2.24, 2.45) is 5.92 Å². The van der Waals surface area contributed by atoms with Crippen LogP contribution in [0.25, 0.3) is 0 Å². The van der Waals surface area contributed by atoms with E-state index in [0.29, 0.717) is 19.6 Å². The van der Waals surface area contributed by atoms with Gasteiger partial charge in [0.1, 0.15) is 0 Å². The molecule has 1 aliphatic rings. The Morgan fingerprint density at radius 1 is 1.25 bits per heavy atom. The van der Waals surface area contributed by atoms with Crippen LogP contribution in [-0.2, 0) is 16.1 Å². The number of likely N-dealkylation sites (tertiary alicyclic amines) is 1. The second-order valence-electron chi connectivity index (χ2n) is 5.51. The fraction of sp³-hybridized carbons (Fsp3) is 0.294. The van der Waals surface area contributed by atoms with Crippen molar-refractivity contribution in [3.8, 4) is 5.75 Å². The van der Waals surface area contributed by atoms with E-state index in [1.54, 1.807) is 23.5 Å². The molecule has 3 rings (SSSR count). The summed E-state index contributed by atoms with van der Waals surface area (Å²) in [7, 11) is 0. The molecule has 0 aliphatic carbocycles. The van der Waals surface area contributed by atoms with Crippen molar-refractivity contribution in [1.29, 1.82) is 0 Å². The summed E-state index contributed by atoms with van der Waals surface area (Å²) in [6.07, 6.45) is 0. The molecule has 126 valence electrons. The first-order valence-electron chi connectivity index (χ1n) is 7.58. The van der Waals surface area contributed by atoms with E-state index in [-0.39, 0.29) is 30.1 Å². The summed E-state index contributed by atoms with van der Waals surface area (Å²) in [6.45, 7) is 1.02. The number of para-hydroxylation sites is 1. The Balaban J connectivity index is 1.38. The zero-order chi connectivity index (χ0) is 16.9. The van der Waals surface area contributed by atoms with E-state index in [2.05, 4.69) is 5.32 Å². The van der Waals surface area contributed by atoms with E-state index in [0.717, 1.165) is 4.88 Å². The maximum absolute atomic E-state index is 13.4. The molecule has 0 saturated carbocycles. The van der Waals surface area contributed by atoms with Gasteiger partial charge in [-0.1, -0.05) is 18.2 Å². The highest BCUT2D eigenvalue weighted by atomic mass is 32.1. The molecule has 0 spiro atoms. The molecule has 1 N–H and O–H groups in total. The first-order chi connectivity index (χ1) is 11.6. The van der Waals surface area contributed by atoms with Crippen LogP contribution in [0.5, 0.6) is 5.75 Å². The van der Waals surface area contributed by atoms with E-state index in [4.69, 9.17) is 4.74 Å². The average molecular weight is 348 g/mol. The first kappa shape index (κ1) is 16.4. The second-order valence-corrected chi connectivity index (χ2v) is 6.54. The van der Waals surface area contributed by atoms with Gasteiger partial charge in [0.05, 0.1) is 12.5 Å². The van der Waals surface area contributed by atoms with Crippen LogP contribution >= 0.6 is 11.3 Å². The highest BCUT2D eigenvalue weighted by Gasteiger charge is 2.35. The predicted octanol–water partition coefficient (Wildman–Crippen LogP) is 2.04. The molecule has 0 unspecified atom stereocenters. The monoisotopic (exact) mass is 348 g/mol. The summed E-state index contributed by atoms with van der Waals surface area (Å²) < 4.78 is 18.6. The van der Waals surface area contributed by atoms with Gasteiger partial charge in [-0.2, -0.15) is 0 Å². The lowest BCUT2D eigenvalue weighted by Gasteiger charge is -2.38. The topological polar surface area (TPSA) is 58.6 Å². The molecular formula is C17H17FN2O3S. The predicted molar refractivity (Wildman–Crippen MR) is 88.1 cm³/mol. The summed E-state index contributed by atoms with van der Waals surface area (Å²) in [5.74, 6) is -0.943. The minimum absolute atomic E-state index is 0.0524. The molecule has 24 heavy (non-hydrogen) atoms. The SMILES string of the molecule is O=C(NCc1cccs1)C1CN(C(=O)COc2ccccc2F)C1. The minimum Gasteiger partial charge on any atom is -0.481 e. The quantitative estimate of drug-likeness (QED) is 0.869. The van der Waals surface area contributed by atoms with Crippen LogP contribution in [0.2, 0.25) is 0 Å². The Morgan fingerprint density at radius 3 is 2.75 bits per heavy atom. The van der Waals surface area contributed by atoms with Crippen molar-refractivity contribution < 1.29 is 18.7 Å². The summed E-state index contributed by atoms with van der Waals surface area (Å²) in [4.78, 5) is 26.6. The maximum atomic E-state index is 13.4. The number of benzene rings is 1. The summed E-state index contributed by atoms with van der Waals surface area (Å²) in [5, 5.41) is 4.82. The highest BCUT2D eigenvalue weighted by molar-refractivity contribution is 7.09. The van der Waals surface area contributed by atoms with Crippen LogP contribution in [0, 0.1) is 11.7 Å². The Kier molecular flexibility index (Phi) is 5.10. The lowest BCUT2D eigenvalue weighted by atomic mass is 9.99. The van der Waals surface area contributed by atoms with Crippen LogP contribution in [0.3, 0.4) is 0 Å². The molecule has 5 nitrogen and oxygen atoms in total. The van der Waals surface area contributed by atoms with E-state index in [9.17, 15) is 14.0 Å². The number of carbonyl (C=O) groups excluding carboxylic acids is 2. The third kappa shape index (κ3) is 3.91. The number of nitrogens with one attached hydrogen (secondary N) is 1. The normalized spacial score (nSPS) is 14.1. The van der Waals surface area contributed by atoms with Crippen molar-refractivity contribution in [2.45, 2.75) is 6.54 Å². The number of rotatable bonds is 6. The number of thiophene rings is 1. The molecular weight excluding hydrogens is 331 g/mol. The number of carbonyl (C=O) groups is 2. The van der Waals surface area contributed by atoms with Gasteiger partial charge in [0.25, 0.3) is 5.91 Å². The molecule has 2 aromatic rings. The number of ether oxygens (including phenoxy) is 1. The fourth-order valence-corrected chi connectivity index (χ4v) is 3.02. The van der Waals surface area contributed by atoms with E-state index < -0.39 is 5.82 Å². The van der Waals surface area contributed by atoms with Crippen molar-refractivity contribution in [2.75, 3.05) is 19.7 Å². The number of halogens is 1. The summed E-state index contributed by atoms with van der Waals surface area (Å²) >= 11 is 1.59. The fourth-order valence-electron chi connectivity index (χ4n) is 2.37. The van der Waals surface area contributed by atoms with Gasteiger partial charge < -0.3 is 15.0 Å². The van der Waals surface area contributed by atoms with E-state index in [1.807, 2.05) is 17.5 Å². The first-order valence-corrected chi connectivity index (χ1v) is 8.46. The van der Waals surface area contributed by atoms with E-state index >= 15 is 0 Å². The van der Waals surface area contributed by atoms with Crippen LogP contribution in [0.4, 0.5) is 4.39 Å². The van der Waals surface area contributed by atoms with Gasteiger partial charge in [0.15, 0.2) is 18.2 Å². The lowest BCUT2D eigenvalue weighted by molar-refractivity contribution is -0.144. The van der Waals surface area contributed by atoms with Gasteiger partial charge in [-0.05, 0) is 23.6 Å². The molecule has 2 heterocycles.